The number of hydrogen-bond acceptors (Lipinski definition) is 5. The van der Waals surface area contributed by atoms with Gasteiger partial charge in [0.15, 0.2) is 0 Å². The van der Waals surface area contributed by atoms with Gasteiger partial charge in [0.05, 0.1) is 11.7 Å². The molecule has 3 heterocycles. The topological polar surface area (TPSA) is 91.1 Å². The molecule has 6 heteroatoms. The molecule has 3 aromatic rings. The van der Waals surface area contributed by atoms with Gasteiger partial charge in [0.25, 0.3) is 0 Å². The molecule has 6 rings (SSSR count). The van der Waals surface area contributed by atoms with Crippen molar-refractivity contribution in [2.24, 2.45) is 22.6 Å². The molecular formula is C39H48N6. The summed E-state index contributed by atoms with van der Waals surface area (Å²) in [6.45, 7) is 11.5. The van der Waals surface area contributed by atoms with Crippen LogP contribution in [0.4, 0.5) is 5.69 Å². The number of fused-ring (bicyclic) bond motifs is 1. The van der Waals surface area contributed by atoms with E-state index in [0.29, 0.717) is 29.6 Å². The van der Waals surface area contributed by atoms with Crippen LogP contribution >= 0.6 is 0 Å². The molecule has 3 aliphatic rings. The Labute approximate surface area is 268 Å². The zero-order valence-corrected chi connectivity index (χ0v) is 27.0. The van der Waals surface area contributed by atoms with E-state index in [1.807, 2.05) is 6.07 Å². The van der Waals surface area contributed by atoms with Gasteiger partial charge in [-0.25, -0.2) is 4.98 Å². The molecule has 1 aromatic heterocycles. The largest absolute Gasteiger partial charge is 0.397 e. The Bertz CT molecular complexity index is 1620. The number of benzene rings is 2. The van der Waals surface area contributed by atoms with Gasteiger partial charge in [0.2, 0.25) is 0 Å². The second-order valence-corrected chi connectivity index (χ2v) is 13.2. The van der Waals surface area contributed by atoms with Crippen molar-refractivity contribution in [3.8, 4) is 0 Å². The number of allylic oxidation sites excluding steroid dienone is 4. The van der Waals surface area contributed by atoms with Crippen LogP contribution in [-0.2, 0) is 0 Å². The SMILES string of the molecule is C=N/C=C(\N)c1ccc2c(c1)/C=C(\c1ccccc1)C1=C(CCN2)CC(c2cnc(C3CCCC(C(CC)C(C)C)N3)[nH]2)C=C1. The van der Waals surface area contributed by atoms with E-state index in [-0.39, 0.29) is 5.92 Å². The van der Waals surface area contributed by atoms with Crippen molar-refractivity contribution < 1.29 is 0 Å². The summed E-state index contributed by atoms with van der Waals surface area (Å²) in [7, 11) is 0. The summed E-state index contributed by atoms with van der Waals surface area (Å²) >= 11 is 0. The van der Waals surface area contributed by atoms with Crippen LogP contribution in [0.1, 0.15) is 99.5 Å². The highest BCUT2D eigenvalue weighted by atomic mass is 15.1. The molecule has 2 aliphatic heterocycles. The van der Waals surface area contributed by atoms with Crippen molar-refractivity contribution in [1.82, 2.24) is 15.3 Å². The Morgan fingerprint density at radius 1 is 1.16 bits per heavy atom. The number of aliphatic imine (C=N–C) groups is 1. The summed E-state index contributed by atoms with van der Waals surface area (Å²) in [4.78, 5) is 12.6. The van der Waals surface area contributed by atoms with Crippen LogP contribution in [-0.4, -0.2) is 29.3 Å². The minimum absolute atomic E-state index is 0.270. The highest BCUT2D eigenvalue weighted by Crippen LogP contribution is 2.41. The molecule has 0 bridgehead atoms. The first-order chi connectivity index (χ1) is 21.9. The second kappa shape index (κ2) is 13.9. The highest BCUT2D eigenvalue weighted by molar-refractivity contribution is 5.96. The molecule has 4 unspecified atom stereocenters. The van der Waals surface area contributed by atoms with Crippen molar-refractivity contribution in [2.75, 3.05) is 11.9 Å². The fourth-order valence-corrected chi connectivity index (χ4v) is 7.60. The van der Waals surface area contributed by atoms with Gasteiger partial charge < -0.3 is 21.4 Å². The molecule has 0 saturated carbocycles. The van der Waals surface area contributed by atoms with E-state index in [2.05, 4.69) is 115 Å². The van der Waals surface area contributed by atoms with Crippen molar-refractivity contribution in [2.45, 2.75) is 77.3 Å². The minimum Gasteiger partial charge on any atom is -0.397 e. The summed E-state index contributed by atoms with van der Waals surface area (Å²) in [6, 6.07) is 17.9. The number of imidazole rings is 1. The fraction of sp³-hybridized carbons (Fsp3) is 0.385. The highest BCUT2D eigenvalue weighted by Gasteiger charge is 2.31. The lowest BCUT2D eigenvalue weighted by atomic mass is 9.81. The van der Waals surface area contributed by atoms with Crippen LogP contribution in [0.15, 0.2) is 89.2 Å². The minimum atomic E-state index is 0.270. The monoisotopic (exact) mass is 600 g/mol. The quantitative estimate of drug-likeness (QED) is 0.195. The zero-order valence-electron chi connectivity index (χ0n) is 27.0. The number of rotatable bonds is 8. The predicted molar refractivity (Wildman–Crippen MR) is 190 cm³/mol. The lowest BCUT2D eigenvalue weighted by Crippen LogP contribution is -2.43. The summed E-state index contributed by atoms with van der Waals surface area (Å²) in [5.74, 6) is 2.75. The number of H-pyrrole nitrogens is 1. The van der Waals surface area contributed by atoms with Gasteiger partial charge in [0.1, 0.15) is 5.82 Å². The van der Waals surface area contributed by atoms with Crippen LogP contribution in [0.3, 0.4) is 0 Å². The van der Waals surface area contributed by atoms with E-state index in [4.69, 9.17) is 10.7 Å². The molecule has 0 amide bonds. The lowest BCUT2D eigenvalue weighted by molar-refractivity contribution is 0.198. The number of piperidine rings is 1. The first-order valence-electron chi connectivity index (χ1n) is 16.7. The number of hydrogen-bond donors (Lipinski definition) is 4. The molecule has 0 radical (unpaired) electrons. The Hall–Kier alpha value is -4.16. The number of anilines is 1. The van der Waals surface area contributed by atoms with Gasteiger partial charge in [-0.2, -0.15) is 0 Å². The molecule has 1 saturated heterocycles. The molecule has 2 aromatic carbocycles. The van der Waals surface area contributed by atoms with E-state index in [1.165, 1.54) is 47.2 Å². The number of aromatic amines is 1. The third-order valence-corrected chi connectivity index (χ3v) is 9.99. The Morgan fingerprint density at radius 2 is 2.00 bits per heavy atom. The van der Waals surface area contributed by atoms with Gasteiger partial charge >= 0.3 is 0 Å². The summed E-state index contributed by atoms with van der Waals surface area (Å²) in [5, 5.41) is 7.69. The molecule has 45 heavy (non-hydrogen) atoms. The lowest BCUT2D eigenvalue weighted by Gasteiger charge is -2.37. The molecule has 0 spiro atoms. The van der Waals surface area contributed by atoms with Gasteiger partial charge in [-0.3, -0.25) is 4.99 Å². The Balaban J connectivity index is 1.29. The van der Waals surface area contributed by atoms with Crippen molar-refractivity contribution >= 4 is 29.8 Å². The Kier molecular flexibility index (Phi) is 9.50. The van der Waals surface area contributed by atoms with E-state index < -0.39 is 0 Å². The first kappa shape index (κ1) is 30.8. The summed E-state index contributed by atoms with van der Waals surface area (Å²) < 4.78 is 0. The summed E-state index contributed by atoms with van der Waals surface area (Å²) in [5.41, 5.74) is 16.5. The molecule has 6 nitrogen and oxygen atoms in total. The molecule has 1 fully saturated rings. The van der Waals surface area contributed by atoms with Crippen LogP contribution in [0, 0.1) is 11.8 Å². The van der Waals surface area contributed by atoms with Crippen LogP contribution in [0.25, 0.3) is 17.3 Å². The molecule has 234 valence electrons. The van der Waals surface area contributed by atoms with Crippen molar-refractivity contribution in [3.63, 3.8) is 0 Å². The first-order valence-corrected chi connectivity index (χ1v) is 16.7. The van der Waals surface area contributed by atoms with Gasteiger partial charge in [0, 0.05) is 42.3 Å². The van der Waals surface area contributed by atoms with Gasteiger partial charge in [-0.1, -0.05) is 81.3 Å². The van der Waals surface area contributed by atoms with Gasteiger partial charge in [-0.05, 0) is 96.7 Å². The number of aromatic nitrogens is 2. The molecular weight excluding hydrogens is 552 g/mol. The average Bonchev–Trinajstić information content (AvgIpc) is 3.57. The second-order valence-electron chi connectivity index (χ2n) is 13.2. The molecule has 1 aliphatic carbocycles. The van der Waals surface area contributed by atoms with Crippen LogP contribution in [0.2, 0.25) is 0 Å². The van der Waals surface area contributed by atoms with Crippen LogP contribution in [0.5, 0.6) is 0 Å². The van der Waals surface area contributed by atoms with Gasteiger partial charge in [-0.15, -0.1) is 0 Å². The third kappa shape index (κ3) is 6.76. The molecule has 4 atom stereocenters. The molecule has 5 N–H and O–H groups in total. The van der Waals surface area contributed by atoms with Crippen molar-refractivity contribution in [3.05, 3.63) is 112 Å². The normalized spacial score (nSPS) is 24.0. The standard InChI is InChI=1S/C39H48N6/c1-5-31(25(2)3)36-12-9-13-37(44-36)39-43-24-38(45-39)29-14-16-32-27(20-29)18-19-42-35-17-15-28(34(40)23-41-4)21-30(35)22-33(32)26-10-7-6-8-11-26/h6-8,10-11,14-17,21-25,29,31,36-37,42,44H,4-5,9,12-13,18-20,40H2,1-3H3,(H,43,45)/b33-22+,34-23-. The predicted octanol–water partition coefficient (Wildman–Crippen LogP) is 8.63. The number of nitrogens with one attached hydrogen (secondary N) is 3. The van der Waals surface area contributed by atoms with E-state index in [1.54, 1.807) is 6.20 Å². The Morgan fingerprint density at radius 3 is 2.78 bits per heavy atom. The van der Waals surface area contributed by atoms with E-state index in [9.17, 15) is 0 Å². The number of nitrogens with zero attached hydrogens (tertiary/aromatic N) is 2. The van der Waals surface area contributed by atoms with E-state index in [0.717, 1.165) is 48.4 Å². The smallest absolute Gasteiger partial charge is 0.123 e. The fourth-order valence-electron chi connectivity index (χ4n) is 7.60. The van der Waals surface area contributed by atoms with Crippen molar-refractivity contribution in [1.29, 1.82) is 0 Å². The maximum absolute atomic E-state index is 6.30. The summed E-state index contributed by atoms with van der Waals surface area (Å²) in [6.07, 6.45) is 17.5. The zero-order chi connectivity index (χ0) is 31.3. The maximum atomic E-state index is 6.30. The van der Waals surface area contributed by atoms with E-state index >= 15 is 0 Å². The van der Waals surface area contributed by atoms with Crippen LogP contribution < -0.4 is 16.4 Å². The maximum Gasteiger partial charge on any atom is 0.123 e. The number of nitrogens with two attached hydrogens (primary N) is 1. The third-order valence-electron chi connectivity index (χ3n) is 9.99. The average molecular weight is 601 g/mol.